The van der Waals surface area contributed by atoms with Crippen molar-refractivity contribution in [2.45, 2.75) is 6.54 Å². The lowest BCUT2D eigenvalue weighted by molar-refractivity contribution is 0.0450. The number of esters is 1. The van der Waals surface area contributed by atoms with Gasteiger partial charge in [0, 0.05) is 5.02 Å². The molecule has 0 N–H and O–H groups in total. The van der Waals surface area contributed by atoms with E-state index >= 15 is 0 Å². The van der Waals surface area contributed by atoms with E-state index in [1.807, 2.05) is 12.1 Å². The van der Waals surface area contributed by atoms with Crippen LogP contribution in [-0.2, 0) is 11.3 Å². The topological polar surface area (TPSA) is 66.2 Å². The summed E-state index contributed by atoms with van der Waals surface area (Å²) in [6.45, 7) is 0.990. The lowest BCUT2D eigenvalue weighted by atomic mass is 10.1. The average Bonchev–Trinajstić information content (AvgIpc) is 3.13. The van der Waals surface area contributed by atoms with E-state index in [1.165, 1.54) is 6.33 Å². The quantitative estimate of drug-likeness (QED) is 0.414. The predicted molar refractivity (Wildman–Crippen MR) is 100 cm³/mol. The van der Waals surface area contributed by atoms with Crippen LogP contribution in [0.4, 0.5) is 0 Å². The summed E-state index contributed by atoms with van der Waals surface area (Å²) in [7, 11) is 0. The number of nitrogens with zero attached hydrogens (tertiary/aromatic N) is 3. The smallest absolute Gasteiger partial charge is 0.338 e. The Kier molecular flexibility index (Phi) is 6.25. The van der Waals surface area contributed by atoms with Crippen molar-refractivity contribution in [1.82, 2.24) is 14.8 Å². The maximum atomic E-state index is 12.1. The van der Waals surface area contributed by atoms with E-state index in [1.54, 1.807) is 41.3 Å². The summed E-state index contributed by atoms with van der Waals surface area (Å²) in [6.07, 6.45) is 3.12. The van der Waals surface area contributed by atoms with Crippen LogP contribution in [0.25, 0.3) is 0 Å². The van der Waals surface area contributed by atoms with Crippen LogP contribution in [0.5, 0.6) is 5.75 Å². The van der Waals surface area contributed by atoms with E-state index in [0.29, 0.717) is 22.9 Å². The Morgan fingerprint density at radius 1 is 1.15 bits per heavy atom. The Hall–Kier alpha value is -2.38. The molecule has 0 bridgehead atoms. The van der Waals surface area contributed by atoms with Gasteiger partial charge in [0.1, 0.15) is 31.6 Å². The van der Waals surface area contributed by atoms with Crippen molar-refractivity contribution >= 4 is 33.5 Å². The van der Waals surface area contributed by atoms with Crippen LogP contribution in [0.2, 0.25) is 5.02 Å². The van der Waals surface area contributed by atoms with Crippen molar-refractivity contribution in [3.05, 3.63) is 75.7 Å². The summed E-state index contributed by atoms with van der Waals surface area (Å²) >= 11 is 9.24. The van der Waals surface area contributed by atoms with Gasteiger partial charge in [-0.3, -0.25) is 0 Å². The molecule has 0 unspecified atom stereocenters. The molecule has 26 heavy (non-hydrogen) atoms. The molecule has 0 saturated heterocycles. The van der Waals surface area contributed by atoms with E-state index < -0.39 is 5.97 Å². The summed E-state index contributed by atoms with van der Waals surface area (Å²) < 4.78 is 13.2. The summed E-state index contributed by atoms with van der Waals surface area (Å²) in [4.78, 5) is 16.0. The zero-order chi connectivity index (χ0) is 18.4. The number of benzene rings is 2. The summed E-state index contributed by atoms with van der Waals surface area (Å²) in [5.74, 6) is 0.249. The Morgan fingerprint density at radius 3 is 2.65 bits per heavy atom. The molecule has 0 fully saturated rings. The molecular formula is C18H15BrClN3O3. The first-order valence-corrected chi connectivity index (χ1v) is 8.95. The second-order valence-corrected chi connectivity index (χ2v) is 6.64. The second kappa shape index (κ2) is 8.82. The number of ether oxygens (including phenoxy) is 2. The molecule has 0 spiro atoms. The Morgan fingerprint density at radius 2 is 1.96 bits per heavy atom. The van der Waals surface area contributed by atoms with Gasteiger partial charge < -0.3 is 9.47 Å². The van der Waals surface area contributed by atoms with E-state index in [9.17, 15) is 4.79 Å². The van der Waals surface area contributed by atoms with Gasteiger partial charge in [-0.15, -0.1) is 0 Å². The largest absolute Gasteiger partial charge is 0.489 e. The van der Waals surface area contributed by atoms with Gasteiger partial charge in [0.2, 0.25) is 0 Å². The molecule has 0 aliphatic carbocycles. The van der Waals surface area contributed by atoms with Gasteiger partial charge in [-0.2, -0.15) is 5.10 Å². The maximum absolute atomic E-state index is 12.1. The summed E-state index contributed by atoms with van der Waals surface area (Å²) in [6, 6.07) is 12.4. The zero-order valence-corrected chi connectivity index (χ0v) is 16.0. The van der Waals surface area contributed by atoms with Crippen LogP contribution in [0, 0.1) is 0 Å². The van der Waals surface area contributed by atoms with Crippen molar-refractivity contribution in [1.29, 1.82) is 0 Å². The summed E-state index contributed by atoms with van der Waals surface area (Å²) in [5, 5.41) is 4.66. The highest BCUT2D eigenvalue weighted by atomic mass is 79.9. The Bertz CT molecular complexity index is 870. The average molecular weight is 437 g/mol. The van der Waals surface area contributed by atoms with Gasteiger partial charge in [0.15, 0.2) is 0 Å². The standard InChI is InChI=1S/C18H15BrClN3O3/c19-16-9-15(20)5-6-17(16)25-7-8-26-18(24)14-3-1-13(2-4-14)10-23-12-21-11-22-23/h1-6,9,11-12H,7-8,10H2. The Labute approximate surface area is 163 Å². The zero-order valence-electron chi connectivity index (χ0n) is 13.6. The highest BCUT2D eigenvalue weighted by Gasteiger charge is 2.08. The van der Waals surface area contributed by atoms with Crippen molar-refractivity contribution in [3.63, 3.8) is 0 Å². The number of hydrogen-bond donors (Lipinski definition) is 0. The molecule has 3 aromatic rings. The van der Waals surface area contributed by atoms with Gasteiger partial charge in [-0.05, 0) is 51.8 Å². The number of carbonyl (C=O) groups excluding carboxylic acids is 1. The van der Waals surface area contributed by atoms with Crippen LogP contribution < -0.4 is 4.74 Å². The van der Waals surface area contributed by atoms with Gasteiger partial charge in [0.05, 0.1) is 16.6 Å². The molecule has 0 amide bonds. The fourth-order valence-electron chi connectivity index (χ4n) is 2.21. The molecule has 0 radical (unpaired) electrons. The van der Waals surface area contributed by atoms with Crippen molar-refractivity contribution < 1.29 is 14.3 Å². The first kappa shape index (κ1) is 18.4. The van der Waals surface area contributed by atoms with Crippen molar-refractivity contribution in [2.24, 2.45) is 0 Å². The third-order valence-electron chi connectivity index (χ3n) is 3.47. The van der Waals surface area contributed by atoms with Crippen LogP contribution in [0.15, 0.2) is 59.6 Å². The fraction of sp³-hybridized carbons (Fsp3) is 0.167. The minimum Gasteiger partial charge on any atom is -0.489 e. The molecule has 1 aromatic heterocycles. The molecule has 3 rings (SSSR count). The molecule has 1 heterocycles. The number of hydrogen-bond acceptors (Lipinski definition) is 5. The molecule has 2 aromatic carbocycles. The number of halogens is 2. The third kappa shape index (κ3) is 5.06. The van der Waals surface area contributed by atoms with Crippen molar-refractivity contribution in [3.8, 4) is 5.75 Å². The first-order valence-electron chi connectivity index (χ1n) is 7.78. The lowest BCUT2D eigenvalue weighted by Crippen LogP contribution is -2.12. The lowest BCUT2D eigenvalue weighted by Gasteiger charge is -2.09. The van der Waals surface area contributed by atoms with Crippen LogP contribution in [0.3, 0.4) is 0 Å². The van der Waals surface area contributed by atoms with Gasteiger partial charge in [-0.1, -0.05) is 23.7 Å². The number of carbonyl (C=O) groups is 1. The highest BCUT2D eigenvalue weighted by molar-refractivity contribution is 9.10. The molecule has 134 valence electrons. The molecule has 0 saturated carbocycles. The van der Waals surface area contributed by atoms with Crippen LogP contribution >= 0.6 is 27.5 Å². The van der Waals surface area contributed by atoms with E-state index in [2.05, 4.69) is 26.0 Å². The van der Waals surface area contributed by atoms with Gasteiger partial charge in [0.25, 0.3) is 0 Å². The molecular weight excluding hydrogens is 422 g/mol. The molecule has 8 heteroatoms. The van der Waals surface area contributed by atoms with E-state index in [-0.39, 0.29) is 13.2 Å². The van der Waals surface area contributed by atoms with Crippen molar-refractivity contribution in [2.75, 3.05) is 13.2 Å². The number of rotatable bonds is 7. The van der Waals surface area contributed by atoms with Crippen LogP contribution in [0.1, 0.15) is 15.9 Å². The maximum Gasteiger partial charge on any atom is 0.338 e. The normalized spacial score (nSPS) is 10.5. The SMILES string of the molecule is O=C(OCCOc1ccc(Cl)cc1Br)c1ccc(Cn2cncn2)cc1. The van der Waals surface area contributed by atoms with Gasteiger partial charge >= 0.3 is 5.97 Å². The number of aromatic nitrogens is 3. The summed E-state index contributed by atoms with van der Waals surface area (Å²) in [5.41, 5.74) is 1.50. The van der Waals surface area contributed by atoms with Crippen LogP contribution in [-0.4, -0.2) is 33.9 Å². The Balaban J connectivity index is 1.45. The molecule has 0 atom stereocenters. The predicted octanol–water partition coefficient (Wildman–Crippen LogP) is 3.98. The molecule has 0 aliphatic heterocycles. The third-order valence-corrected chi connectivity index (χ3v) is 4.32. The monoisotopic (exact) mass is 435 g/mol. The fourth-order valence-corrected chi connectivity index (χ4v) is 3.01. The second-order valence-electron chi connectivity index (χ2n) is 5.35. The van der Waals surface area contributed by atoms with E-state index in [4.69, 9.17) is 21.1 Å². The molecule has 6 nitrogen and oxygen atoms in total. The highest BCUT2D eigenvalue weighted by Crippen LogP contribution is 2.27. The van der Waals surface area contributed by atoms with E-state index in [0.717, 1.165) is 10.0 Å². The minimum absolute atomic E-state index is 0.147. The molecule has 0 aliphatic rings. The van der Waals surface area contributed by atoms with Gasteiger partial charge in [-0.25, -0.2) is 14.5 Å². The first-order chi connectivity index (χ1) is 12.6. The minimum atomic E-state index is -0.393.